The summed E-state index contributed by atoms with van der Waals surface area (Å²) >= 11 is 0. The second kappa shape index (κ2) is 17.6. The molecular weight excluding hydrogens is 691 g/mol. The lowest BCUT2D eigenvalue weighted by atomic mass is 9.76. The van der Waals surface area contributed by atoms with E-state index in [-0.39, 0.29) is 56.7 Å². The van der Waals surface area contributed by atoms with Crippen LogP contribution in [0.25, 0.3) is 11.3 Å². The van der Waals surface area contributed by atoms with Crippen molar-refractivity contribution in [1.82, 2.24) is 20.6 Å². The zero-order valence-corrected chi connectivity index (χ0v) is 26.4. The van der Waals surface area contributed by atoms with Crippen LogP contribution in [0.15, 0.2) is 79.1 Å². The first kappa shape index (κ1) is 38.6. The van der Waals surface area contributed by atoms with E-state index in [1.165, 1.54) is 18.5 Å². The van der Waals surface area contributed by atoms with Gasteiger partial charge in [-0.05, 0) is 60.1 Å². The summed E-state index contributed by atoms with van der Waals surface area (Å²) in [5.74, 6) is -1.09. The number of hydrogen-bond acceptors (Lipinski definition) is 10. The predicted octanol–water partition coefficient (Wildman–Crippen LogP) is 3.68. The van der Waals surface area contributed by atoms with Crippen LogP contribution in [0.3, 0.4) is 0 Å². The Kier molecular flexibility index (Phi) is 13.3. The van der Waals surface area contributed by atoms with Crippen LogP contribution in [0, 0.1) is 0 Å². The number of halogens is 6. The van der Waals surface area contributed by atoms with Crippen LogP contribution in [0.4, 0.5) is 37.8 Å². The van der Waals surface area contributed by atoms with Crippen molar-refractivity contribution in [3.8, 4) is 17.0 Å². The van der Waals surface area contributed by atoms with Crippen LogP contribution in [-0.2, 0) is 15.7 Å². The lowest BCUT2D eigenvalue weighted by Crippen LogP contribution is -2.37. The number of rotatable bonds is 16. The van der Waals surface area contributed by atoms with Gasteiger partial charge in [0.05, 0.1) is 37.7 Å². The van der Waals surface area contributed by atoms with Crippen LogP contribution in [-0.4, -0.2) is 84.8 Å². The van der Waals surface area contributed by atoms with E-state index >= 15 is 0 Å². The summed E-state index contributed by atoms with van der Waals surface area (Å²) < 4.78 is 90.9. The van der Waals surface area contributed by atoms with Crippen LogP contribution >= 0.6 is 0 Å². The molecule has 0 aliphatic heterocycles. The van der Waals surface area contributed by atoms with E-state index in [0.717, 1.165) is 24.3 Å². The molecule has 0 saturated heterocycles. The highest BCUT2D eigenvalue weighted by molar-refractivity contribution is 6.59. The van der Waals surface area contributed by atoms with Crippen molar-refractivity contribution in [2.24, 2.45) is 0 Å². The molecule has 51 heavy (non-hydrogen) atoms. The number of hydrogen-bond donors (Lipinski definition) is 5. The lowest BCUT2D eigenvalue weighted by Gasteiger charge is -2.14. The number of carbonyl (C=O) groups excluding carboxylic acids is 2. The maximum Gasteiger partial charge on any atom is 0.573 e. The van der Waals surface area contributed by atoms with E-state index in [1.807, 2.05) is 0 Å². The van der Waals surface area contributed by atoms with E-state index in [9.17, 15) is 46.0 Å². The van der Waals surface area contributed by atoms with Crippen molar-refractivity contribution in [1.29, 1.82) is 0 Å². The summed E-state index contributed by atoms with van der Waals surface area (Å²) in [7, 11) is -2.41. The van der Waals surface area contributed by atoms with Gasteiger partial charge in [-0.1, -0.05) is 12.1 Å². The Hall–Kier alpha value is -5.24. The van der Waals surface area contributed by atoms with E-state index in [0.29, 0.717) is 34.4 Å². The Morgan fingerprint density at radius 2 is 1.37 bits per heavy atom. The van der Waals surface area contributed by atoms with Gasteiger partial charge in [-0.3, -0.25) is 9.59 Å². The predicted molar refractivity (Wildman–Crippen MR) is 171 cm³/mol. The first-order valence-electron chi connectivity index (χ1n) is 15.0. The number of amides is 2. The molecule has 5 N–H and O–H groups in total. The van der Waals surface area contributed by atoms with Gasteiger partial charge in [0.1, 0.15) is 17.9 Å². The van der Waals surface area contributed by atoms with Crippen molar-refractivity contribution in [2.75, 3.05) is 44.8 Å². The highest BCUT2D eigenvalue weighted by atomic mass is 19.4. The van der Waals surface area contributed by atoms with Gasteiger partial charge in [0, 0.05) is 41.5 Å². The van der Waals surface area contributed by atoms with Gasteiger partial charge in [0.15, 0.2) is 0 Å². The average molecular weight is 721 g/mol. The zero-order chi connectivity index (χ0) is 37.0. The van der Waals surface area contributed by atoms with Crippen molar-refractivity contribution in [3.63, 3.8) is 0 Å². The minimum atomic E-state index is -4.82. The van der Waals surface area contributed by atoms with Gasteiger partial charge in [-0.2, -0.15) is 13.2 Å². The molecule has 0 radical (unpaired) electrons. The quantitative estimate of drug-likeness (QED) is 0.0656. The Balaban J connectivity index is 1.14. The van der Waals surface area contributed by atoms with Crippen LogP contribution in [0.1, 0.15) is 26.3 Å². The molecule has 12 nitrogen and oxygen atoms in total. The fourth-order valence-electron chi connectivity index (χ4n) is 4.47. The second-order valence-electron chi connectivity index (χ2n) is 10.5. The van der Waals surface area contributed by atoms with Gasteiger partial charge in [-0.15, -0.1) is 13.2 Å². The number of aromatic nitrogens is 2. The molecule has 0 saturated carbocycles. The highest BCUT2D eigenvalue weighted by Gasteiger charge is 2.36. The molecule has 0 aliphatic rings. The summed E-state index contributed by atoms with van der Waals surface area (Å²) in [6.45, 7) is 0.771. The first-order valence-corrected chi connectivity index (χ1v) is 15.0. The molecule has 0 bridgehead atoms. The maximum atomic E-state index is 13.0. The Bertz CT molecular complexity index is 1780. The highest BCUT2D eigenvalue weighted by Crippen LogP contribution is 2.29. The van der Waals surface area contributed by atoms with Gasteiger partial charge in [0.25, 0.3) is 11.8 Å². The molecule has 0 aliphatic carbocycles. The fraction of sp³-hybridized carbons (Fsp3) is 0.250. The summed E-state index contributed by atoms with van der Waals surface area (Å²) in [4.78, 5) is 33.3. The number of anilines is 2. The molecule has 0 fully saturated rings. The molecule has 1 aromatic heterocycles. The molecule has 19 heteroatoms. The van der Waals surface area contributed by atoms with Gasteiger partial charge >= 0.3 is 19.7 Å². The summed E-state index contributed by atoms with van der Waals surface area (Å²) in [6.07, 6.45) is -8.32. The molecule has 4 rings (SSSR count). The number of carbonyl (C=O) groups is 2. The molecule has 1 heterocycles. The van der Waals surface area contributed by atoms with E-state index in [4.69, 9.17) is 9.47 Å². The molecule has 4 aromatic rings. The number of benzene rings is 3. The van der Waals surface area contributed by atoms with Gasteiger partial charge < -0.3 is 40.2 Å². The molecule has 0 atom stereocenters. The maximum absolute atomic E-state index is 13.0. The zero-order valence-electron chi connectivity index (χ0n) is 26.4. The number of nitrogens with zero attached hydrogens (tertiary/aromatic N) is 2. The Morgan fingerprint density at radius 1 is 0.745 bits per heavy atom. The van der Waals surface area contributed by atoms with E-state index < -0.39 is 36.6 Å². The van der Waals surface area contributed by atoms with Crippen LogP contribution in [0.5, 0.6) is 5.75 Å². The van der Waals surface area contributed by atoms with Crippen LogP contribution in [0.2, 0.25) is 0 Å². The van der Waals surface area contributed by atoms with Crippen molar-refractivity contribution in [2.45, 2.75) is 12.5 Å². The van der Waals surface area contributed by atoms with Crippen molar-refractivity contribution < 1.29 is 60.2 Å². The van der Waals surface area contributed by atoms with Crippen LogP contribution < -0.4 is 26.2 Å². The Labute approximate surface area is 286 Å². The minimum Gasteiger partial charge on any atom is -0.423 e. The molecular formula is C32H30BF6N5O7. The number of ether oxygens (including phenoxy) is 3. The van der Waals surface area contributed by atoms with Gasteiger partial charge in [0.2, 0.25) is 0 Å². The molecule has 0 spiro atoms. The lowest BCUT2D eigenvalue weighted by molar-refractivity contribution is -0.274. The fourth-order valence-corrected chi connectivity index (χ4v) is 4.47. The SMILES string of the molecule is O=C(NCCOCCOCCNC(=O)c1ccc(C(F)(F)F)c(B(O)O)c1)c1cccc(-c2cc(Nc3ccc(OC(F)(F)F)cc3)ncn2)c1. The van der Waals surface area contributed by atoms with Crippen molar-refractivity contribution >= 4 is 35.9 Å². The second-order valence-corrected chi connectivity index (χ2v) is 10.5. The normalized spacial score (nSPS) is 11.5. The number of alkyl halides is 6. The molecule has 2 amide bonds. The number of nitrogens with one attached hydrogen (secondary N) is 3. The molecule has 0 unspecified atom stereocenters. The topological polar surface area (TPSA) is 164 Å². The smallest absolute Gasteiger partial charge is 0.423 e. The standard InChI is InChI=1S/C32H30BF6N5O7/c34-31(35,36)25-9-4-22(17-26(25)33(47)48)30(46)41-11-13-50-15-14-49-12-10-40-29(45)21-3-1-2-20(16-21)27-18-28(43-19-42-27)44-23-5-7-24(8-6-23)51-32(37,38)39/h1-9,16-19,47-48H,10-15H2,(H,40,45)(H,41,46)(H,42,43,44). The van der Waals surface area contributed by atoms with E-state index in [2.05, 4.69) is 30.7 Å². The minimum absolute atomic E-state index is 0.0246. The average Bonchev–Trinajstić information content (AvgIpc) is 3.08. The summed E-state index contributed by atoms with van der Waals surface area (Å²) in [5, 5.41) is 26.7. The van der Waals surface area contributed by atoms with Crippen molar-refractivity contribution in [3.05, 3.63) is 95.8 Å². The van der Waals surface area contributed by atoms with Gasteiger partial charge in [-0.25, -0.2) is 9.97 Å². The third-order valence-electron chi connectivity index (χ3n) is 6.78. The third kappa shape index (κ3) is 12.2. The molecule has 3 aromatic carbocycles. The molecule has 270 valence electrons. The summed E-state index contributed by atoms with van der Waals surface area (Å²) in [6, 6.07) is 15.7. The third-order valence-corrected chi connectivity index (χ3v) is 6.78. The Morgan fingerprint density at radius 3 is 1.96 bits per heavy atom. The largest absolute Gasteiger partial charge is 0.573 e. The monoisotopic (exact) mass is 721 g/mol. The first-order chi connectivity index (χ1) is 24.2. The van der Waals surface area contributed by atoms with E-state index in [1.54, 1.807) is 30.3 Å². The summed E-state index contributed by atoms with van der Waals surface area (Å²) in [5.41, 5.74) is -0.376.